The van der Waals surface area contributed by atoms with Crippen molar-refractivity contribution in [1.29, 1.82) is 0 Å². The van der Waals surface area contributed by atoms with Crippen LogP contribution >= 0.6 is 0 Å². The second-order valence-electron chi connectivity index (χ2n) is 2.93. The molecule has 0 saturated heterocycles. The van der Waals surface area contributed by atoms with E-state index in [-0.39, 0.29) is 0 Å². The molecule has 0 unspecified atom stereocenters. The van der Waals surface area contributed by atoms with Crippen molar-refractivity contribution in [3.8, 4) is 0 Å². The number of allylic oxidation sites excluding steroid dienone is 1. The number of benzene rings is 1. The number of nitrogens with one attached hydrogen (secondary N) is 1. The molecular formula is C11H13NO2. The minimum Gasteiger partial charge on any atom is -0.288 e. The van der Waals surface area contributed by atoms with Crippen LogP contribution in [0.5, 0.6) is 0 Å². The topological polar surface area (TPSA) is 49.3 Å². The molecule has 3 heteroatoms. The molecule has 0 radical (unpaired) electrons. The molecular weight excluding hydrogens is 178 g/mol. The summed E-state index contributed by atoms with van der Waals surface area (Å²) >= 11 is 0. The number of hydrogen-bond acceptors (Lipinski definition) is 2. The van der Waals surface area contributed by atoms with E-state index in [9.17, 15) is 4.79 Å². The van der Waals surface area contributed by atoms with Gasteiger partial charge in [-0.05, 0) is 24.5 Å². The molecule has 0 aromatic heterocycles. The second-order valence-corrected chi connectivity index (χ2v) is 2.93. The van der Waals surface area contributed by atoms with Gasteiger partial charge in [0, 0.05) is 5.56 Å². The number of carbonyl (C=O) groups is 1. The highest BCUT2D eigenvalue weighted by molar-refractivity contribution is 5.94. The van der Waals surface area contributed by atoms with Crippen molar-refractivity contribution in [2.24, 2.45) is 0 Å². The summed E-state index contributed by atoms with van der Waals surface area (Å²) in [5.74, 6) is -0.468. The quantitative estimate of drug-likeness (QED) is 0.434. The average molecular weight is 191 g/mol. The first-order chi connectivity index (χ1) is 6.79. The first-order valence-corrected chi connectivity index (χ1v) is 4.43. The molecule has 3 nitrogen and oxygen atoms in total. The highest BCUT2D eigenvalue weighted by atomic mass is 16.5. The van der Waals surface area contributed by atoms with Crippen molar-refractivity contribution in [3.05, 3.63) is 48.0 Å². The summed E-state index contributed by atoms with van der Waals surface area (Å²) in [6.45, 7) is 3.62. The number of aryl methyl sites for hydroxylation is 1. The maximum Gasteiger partial charge on any atom is 0.274 e. The third-order valence-electron chi connectivity index (χ3n) is 1.98. The lowest BCUT2D eigenvalue weighted by Gasteiger charge is -2.05. The van der Waals surface area contributed by atoms with E-state index in [1.807, 2.05) is 12.1 Å². The number of hydrogen-bond donors (Lipinski definition) is 2. The minimum atomic E-state index is -0.468. The predicted molar refractivity (Wildman–Crippen MR) is 54.2 cm³/mol. The van der Waals surface area contributed by atoms with E-state index in [0.717, 1.165) is 18.4 Å². The van der Waals surface area contributed by atoms with Crippen molar-refractivity contribution in [2.75, 3.05) is 0 Å². The van der Waals surface area contributed by atoms with Crippen LogP contribution in [0.2, 0.25) is 0 Å². The van der Waals surface area contributed by atoms with Gasteiger partial charge in [-0.25, -0.2) is 5.48 Å². The molecule has 0 spiro atoms. The van der Waals surface area contributed by atoms with Gasteiger partial charge in [-0.15, -0.1) is 6.58 Å². The maximum atomic E-state index is 11.2. The molecule has 1 aromatic rings. The first kappa shape index (κ1) is 10.5. The van der Waals surface area contributed by atoms with Gasteiger partial charge < -0.3 is 0 Å². The Morgan fingerprint density at radius 3 is 2.86 bits per heavy atom. The predicted octanol–water partition coefficient (Wildman–Crippen LogP) is 1.92. The lowest BCUT2D eigenvalue weighted by molar-refractivity contribution is 0.0705. The van der Waals surface area contributed by atoms with E-state index in [4.69, 9.17) is 5.21 Å². The molecule has 0 bridgehead atoms. The zero-order valence-electron chi connectivity index (χ0n) is 7.86. The van der Waals surface area contributed by atoms with Crippen molar-refractivity contribution >= 4 is 5.91 Å². The van der Waals surface area contributed by atoms with E-state index in [1.165, 1.54) is 0 Å². The Bertz CT molecular complexity index is 334. The summed E-state index contributed by atoms with van der Waals surface area (Å²) in [4.78, 5) is 11.2. The fourth-order valence-electron chi connectivity index (χ4n) is 1.28. The van der Waals surface area contributed by atoms with Gasteiger partial charge in [0.25, 0.3) is 5.91 Å². The fourth-order valence-corrected chi connectivity index (χ4v) is 1.28. The molecule has 1 rings (SSSR count). The van der Waals surface area contributed by atoms with Gasteiger partial charge in [0.05, 0.1) is 0 Å². The van der Waals surface area contributed by atoms with Gasteiger partial charge in [0.2, 0.25) is 0 Å². The SMILES string of the molecule is C=CCCc1ccccc1C(=O)NO. The molecule has 0 aliphatic rings. The molecule has 0 aliphatic heterocycles. The number of rotatable bonds is 4. The molecule has 0 saturated carbocycles. The van der Waals surface area contributed by atoms with Gasteiger partial charge in [-0.1, -0.05) is 24.3 Å². The van der Waals surface area contributed by atoms with Crippen LogP contribution in [0.3, 0.4) is 0 Å². The Balaban J connectivity index is 2.90. The molecule has 0 atom stereocenters. The van der Waals surface area contributed by atoms with E-state index in [1.54, 1.807) is 23.7 Å². The van der Waals surface area contributed by atoms with Crippen LogP contribution in [-0.4, -0.2) is 11.1 Å². The van der Waals surface area contributed by atoms with E-state index in [0.29, 0.717) is 5.56 Å². The zero-order chi connectivity index (χ0) is 10.4. The van der Waals surface area contributed by atoms with Gasteiger partial charge in [0.15, 0.2) is 0 Å². The highest BCUT2D eigenvalue weighted by Crippen LogP contribution is 2.10. The van der Waals surface area contributed by atoms with Crippen LogP contribution in [0.4, 0.5) is 0 Å². The third kappa shape index (κ3) is 2.44. The molecule has 2 N–H and O–H groups in total. The summed E-state index contributed by atoms with van der Waals surface area (Å²) in [6.07, 6.45) is 3.37. The summed E-state index contributed by atoms with van der Waals surface area (Å²) in [7, 11) is 0. The van der Waals surface area contributed by atoms with Crippen LogP contribution < -0.4 is 5.48 Å². The van der Waals surface area contributed by atoms with Crippen molar-refractivity contribution < 1.29 is 10.0 Å². The third-order valence-corrected chi connectivity index (χ3v) is 1.98. The standard InChI is InChI=1S/C11H13NO2/c1-2-3-6-9-7-4-5-8-10(9)11(13)12-14/h2,4-5,7-8,14H,1,3,6H2,(H,12,13). The van der Waals surface area contributed by atoms with E-state index >= 15 is 0 Å². The monoisotopic (exact) mass is 191 g/mol. The lowest BCUT2D eigenvalue weighted by atomic mass is 10.0. The molecule has 74 valence electrons. The molecule has 1 aromatic carbocycles. The van der Waals surface area contributed by atoms with Crippen molar-refractivity contribution in [3.63, 3.8) is 0 Å². The smallest absolute Gasteiger partial charge is 0.274 e. The van der Waals surface area contributed by atoms with Gasteiger partial charge in [0.1, 0.15) is 0 Å². The lowest BCUT2D eigenvalue weighted by Crippen LogP contribution is -2.20. The van der Waals surface area contributed by atoms with E-state index < -0.39 is 5.91 Å². The van der Waals surface area contributed by atoms with Crippen LogP contribution in [0.1, 0.15) is 22.3 Å². The normalized spacial score (nSPS) is 9.50. The number of carbonyl (C=O) groups excluding carboxylic acids is 1. The fraction of sp³-hybridized carbons (Fsp3) is 0.182. The van der Waals surface area contributed by atoms with Gasteiger partial charge >= 0.3 is 0 Å². The molecule has 0 fully saturated rings. The summed E-state index contributed by atoms with van der Waals surface area (Å²) in [5.41, 5.74) is 3.06. The number of hydroxylamine groups is 1. The van der Waals surface area contributed by atoms with E-state index in [2.05, 4.69) is 6.58 Å². The Morgan fingerprint density at radius 1 is 1.50 bits per heavy atom. The summed E-state index contributed by atoms with van der Waals surface area (Å²) in [5, 5.41) is 8.52. The molecule has 1 amide bonds. The second kappa shape index (κ2) is 5.19. The number of amides is 1. The Kier molecular flexibility index (Phi) is 3.88. The van der Waals surface area contributed by atoms with Gasteiger partial charge in [-0.2, -0.15) is 0 Å². The summed E-state index contributed by atoms with van der Waals surface area (Å²) in [6, 6.07) is 7.19. The zero-order valence-corrected chi connectivity index (χ0v) is 7.86. The van der Waals surface area contributed by atoms with Crippen LogP contribution in [0.15, 0.2) is 36.9 Å². The minimum absolute atomic E-state index is 0.468. The summed E-state index contributed by atoms with van der Waals surface area (Å²) < 4.78 is 0. The maximum absolute atomic E-state index is 11.2. The molecule has 14 heavy (non-hydrogen) atoms. The molecule has 0 heterocycles. The van der Waals surface area contributed by atoms with Crippen LogP contribution in [0, 0.1) is 0 Å². The first-order valence-electron chi connectivity index (χ1n) is 4.43. The Hall–Kier alpha value is -1.61. The average Bonchev–Trinajstić information content (AvgIpc) is 2.25. The Labute approximate surface area is 83.0 Å². The van der Waals surface area contributed by atoms with Gasteiger partial charge in [-0.3, -0.25) is 10.0 Å². The molecule has 0 aliphatic carbocycles. The van der Waals surface area contributed by atoms with Crippen LogP contribution in [0.25, 0.3) is 0 Å². The van der Waals surface area contributed by atoms with Crippen molar-refractivity contribution in [1.82, 2.24) is 5.48 Å². The largest absolute Gasteiger partial charge is 0.288 e. The van der Waals surface area contributed by atoms with Crippen LogP contribution in [-0.2, 0) is 6.42 Å². The Morgan fingerprint density at radius 2 is 2.21 bits per heavy atom. The highest BCUT2D eigenvalue weighted by Gasteiger charge is 2.08. The van der Waals surface area contributed by atoms with Crippen molar-refractivity contribution in [2.45, 2.75) is 12.8 Å².